The third-order valence-corrected chi connectivity index (χ3v) is 8.01. The molecule has 37 heavy (non-hydrogen) atoms. The zero-order valence-corrected chi connectivity index (χ0v) is 21.0. The number of aromatic nitrogens is 1. The van der Waals surface area contributed by atoms with Crippen molar-refractivity contribution in [1.29, 1.82) is 0 Å². The quantitative estimate of drug-likeness (QED) is 0.238. The number of amides is 1. The van der Waals surface area contributed by atoms with E-state index in [0.29, 0.717) is 27.1 Å². The molecule has 0 saturated carbocycles. The van der Waals surface area contributed by atoms with E-state index in [4.69, 9.17) is 20.8 Å². The Kier molecular flexibility index (Phi) is 5.51. The topological polar surface area (TPSA) is 92.9 Å². The molecule has 0 fully saturated rings. The number of ketones is 1. The van der Waals surface area contributed by atoms with E-state index < -0.39 is 35.1 Å². The summed E-state index contributed by atoms with van der Waals surface area (Å²) in [7, 11) is 1.43. The molecule has 0 spiro atoms. The van der Waals surface area contributed by atoms with Gasteiger partial charge >= 0.3 is 0 Å². The number of thiophene rings is 1. The first-order valence-electron chi connectivity index (χ1n) is 10.6. The van der Waals surface area contributed by atoms with E-state index in [1.54, 1.807) is 23.6 Å². The lowest BCUT2D eigenvalue weighted by Gasteiger charge is -2.22. The predicted molar refractivity (Wildman–Crippen MR) is 136 cm³/mol. The first-order valence-corrected chi connectivity index (χ1v) is 12.7. The molecule has 3 aromatic heterocycles. The van der Waals surface area contributed by atoms with Crippen LogP contribution in [0.15, 0.2) is 63.6 Å². The van der Waals surface area contributed by atoms with Crippen molar-refractivity contribution in [3.8, 4) is 5.75 Å². The molecule has 7 nitrogen and oxygen atoms in total. The number of nitrogens with zero attached hydrogens (tertiary/aromatic N) is 2. The van der Waals surface area contributed by atoms with E-state index in [1.807, 2.05) is 0 Å². The van der Waals surface area contributed by atoms with Crippen molar-refractivity contribution in [3.63, 3.8) is 0 Å². The summed E-state index contributed by atoms with van der Waals surface area (Å²) in [5.41, 5.74) is -0.0880. The Morgan fingerprint density at radius 1 is 1.24 bits per heavy atom. The van der Waals surface area contributed by atoms with Crippen LogP contribution < -0.4 is 9.64 Å². The largest absolute Gasteiger partial charge is 0.503 e. The summed E-state index contributed by atoms with van der Waals surface area (Å²) in [6.07, 6.45) is 0. The average Bonchev–Trinajstić information content (AvgIpc) is 3.64. The van der Waals surface area contributed by atoms with Crippen LogP contribution in [-0.4, -0.2) is 28.9 Å². The molecule has 1 atom stereocenters. The molecular formula is C25H13ClF2N2O5S2. The summed E-state index contributed by atoms with van der Waals surface area (Å²) < 4.78 is 39.4. The smallest absolute Gasteiger partial charge is 0.296 e. The molecule has 5 aromatic rings. The van der Waals surface area contributed by atoms with Crippen LogP contribution in [0.2, 0.25) is 5.02 Å². The Bertz CT molecular complexity index is 1780. The van der Waals surface area contributed by atoms with Gasteiger partial charge in [-0.2, -0.15) is 0 Å². The van der Waals surface area contributed by atoms with E-state index in [1.165, 1.54) is 30.6 Å². The van der Waals surface area contributed by atoms with E-state index >= 15 is 0 Å². The average molecular weight is 559 g/mol. The lowest BCUT2D eigenvalue weighted by molar-refractivity contribution is -0.117. The van der Waals surface area contributed by atoms with Crippen molar-refractivity contribution in [1.82, 2.24) is 4.98 Å². The first-order chi connectivity index (χ1) is 17.8. The predicted octanol–water partition coefficient (Wildman–Crippen LogP) is 6.83. The van der Waals surface area contributed by atoms with Crippen LogP contribution in [0.3, 0.4) is 0 Å². The summed E-state index contributed by atoms with van der Waals surface area (Å²) in [4.78, 5) is 32.9. The van der Waals surface area contributed by atoms with Crippen molar-refractivity contribution < 1.29 is 32.6 Å². The van der Waals surface area contributed by atoms with Crippen molar-refractivity contribution in [2.45, 2.75) is 6.04 Å². The van der Waals surface area contributed by atoms with Crippen molar-refractivity contribution in [3.05, 3.63) is 86.5 Å². The minimum Gasteiger partial charge on any atom is -0.503 e. The number of rotatable bonds is 5. The second kappa shape index (κ2) is 8.65. The third kappa shape index (κ3) is 3.69. The number of hydrogen-bond acceptors (Lipinski definition) is 8. The zero-order valence-electron chi connectivity index (χ0n) is 18.6. The van der Waals surface area contributed by atoms with E-state index in [0.717, 1.165) is 22.3 Å². The molecule has 12 heteroatoms. The number of ether oxygens (including phenoxy) is 1. The number of halogens is 3. The fraction of sp³-hybridized carbons (Fsp3) is 0.0800. The number of thiazole rings is 1. The summed E-state index contributed by atoms with van der Waals surface area (Å²) in [5, 5.41) is 13.5. The molecule has 0 aliphatic carbocycles. The van der Waals surface area contributed by atoms with Crippen molar-refractivity contribution in [2.24, 2.45) is 0 Å². The van der Waals surface area contributed by atoms with E-state index in [-0.39, 0.29) is 32.3 Å². The maximum absolute atomic E-state index is 14.4. The number of methoxy groups -OCH3 is 1. The maximum Gasteiger partial charge on any atom is 0.296 e. The number of Topliss-reactive ketones (excluding diaryl/α,β-unsaturated/α-hetero) is 1. The summed E-state index contributed by atoms with van der Waals surface area (Å²) in [6.45, 7) is 0. The highest BCUT2D eigenvalue weighted by atomic mass is 35.5. The van der Waals surface area contributed by atoms with Gasteiger partial charge in [0.05, 0.1) is 17.4 Å². The standard InChI is InChI=1S/C25H13ClF2N2O5S2/c1-34-15-7-11(26)5-10-6-14(35-23(10)15)21(31)18-20(16-3-2-4-36-16)30(24(33)22(18)32)25-29-19-13(28)8-12(27)9-17(19)37-25/h2-9,20,32H,1H3. The van der Waals surface area contributed by atoms with Crippen LogP contribution in [0.1, 0.15) is 21.5 Å². The van der Waals surface area contributed by atoms with Crippen LogP contribution in [0, 0.1) is 11.6 Å². The van der Waals surface area contributed by atoms with Crippen molar-refractivity contribution >= 4 is 72.3 Å². The van der Waals surface area contributed by atoms with Crippen LogP contribution in [0.4, 0.5) is 13.9 Å². The van der Waals surface area contributed by atoms with E-state index in [9.17, 15) is 23.5 Å². The van der Waals surface area contributed by atoms with Gasteiger partial charge in [-0.3, -0.25) is 14.5 Å². The number of benzene rings is 2. The molecule has 1 N–H and O–H groups in total. The van der Waals surface area contributed by atoms with Gasteiger partial charge in [-0.05, 0) is 29.6 Å². The van der Waals surface area contributed by atoms with Crippen LogP contribution in [0.5, 0.6) is 5.75 Å². The molecule has 6 rings (SSSR count). The fourth-order valence-corrected chi connectivity index (χ4v) is 6.35. The van der Waals surface area contributed by atoms with Crippen LogP contribution in [0.25, 0.3) is 21.2 Å². The number of anilines is 1. The van der Waals surface area contributed by atoms with Crippen LogP contribution in [-0.2, 0) is 4.79 Å². The fourth-order valence-electron chi connectivity index (χ4n) is 4.28. The molecule has 186 valence electrons. The highest BCUT2D eigenvalue weighted by Crippen LogP contribution is 2.46. The minimum absolute atomic E-state index is 0.00435. The molecule has 0 saturated heterocycles. The lowest BCUT2D eigenvalue weighted by atomic mass is 10.0. The SMILES string of the molecule is COc1cc(Cl)cc2cc(C(=O)C3=C(O)C(=O)N(c4nc5c(F)cc(F)cc5s4)C3c3cccs3)oc12. The Balaban J connectivity index is 1.49. The van der Waals surface area contributed by atoms with Gasteiger partial charge in [0, 0.05) is 27.4 Å². The van der Waals surface area contributed by atoms with Gasteiger partial charge < -0.3 is 14.3 Å². The Morgan fingerprint density at radius 3 is 2.78 bits per heavy atom. The normalized spacial score (nSPS) is 15.9. The highest BCUT2D eigenvalue weighted by molar-refractivity contribution is 7.22. The molecule has 1 aliphatic rings. The molecule has 2 aromatic carbocycles. The number of carbonyl (C=O) groups is 2. The number of aliphatic hydroxyl groups excluding tert-OH is 1. The maximum atomic E-state index is 14.4. The molecule has 0 bridgehead atoms. The Labute approximate surface area is 219 Å². The number of furan rings is 1. The zero-order chi connectivity index (χ0) is 26.0. The second-order valence-corrected chi connectivity index (χ2v) is 10.5. The van der Waals surface area contributed by atoms with Crippen LogP contribution >= 0.6 is 34.3 Å². The molecule has 1 unspecified atom stereocenters. The third-order valence-electron chi connectivity index (χ3n) is 5.86. The summed E-state index contributed by atoms with van der Waals surface area (Å²) in [5.74, 6) is -3.95. The Hall–Kier alpha value is -3.80. The summed E-state index contributed by atoms with van der Waals surface area (Å²) >= 11 is 8.24. The van der Waals surface area contributed by atoms with Gasteiger partial charge in [-0.1, -0.05) is 29.0 Å². The van der Waals surface area contributed by atoms with Gasteiger partial charge in [-0.15, -0.1) is 11.3 Å². The summed E-state index contributed by atoms with van der Waals surface area (Å²) in [6, 6.07) is 8.70. The van der Waals surface area contributed by atoms with Crippen molar-refractivity contribution in [2.75, 3.05) is 12.0 Å². The minimum atomic E-state index is -1.08. The van der Waals surface area contributed by atoms with Gasteiger partial charge in [0.25, 0.3) is 5.91 Å². The number of aliphatic hydroxyl groups is 1. The van der Waals surface area contributed by atoms with Gasteiger partial charge in [0.15, 0.2) is 33.8 Å². The molecular weight excluding hydrogens is 546 g/mol. The van der Waals surface area contributed by atoms with Gasteiger partial charge in [0.1, 0.15) is 17.4 Å². The number of fused-ring (bicyclic) bond motifs is 2. The second-order valence-electron chi connectivity index (χ2n) is 8.05. The first kappa shape index (κ1) is 23.6. The Morgan fingerprint density at radius 2 is 2.05 bits per heavy atom. The molecule has 4 heterocycles. The monoisotopic (exact) mass is 558 g/mol. The number of carbonyl (C=O) groups excluding carboxylic acids is 2. The lowest BCUT2D eigenvalue weighted by Crippen LogP contribution is -2.30. The number of hydrogen-bond donors (Lipinski definition) is 1. The van der Waals surface area contributed by atoms with Gasteiger partial charge in [0.2, 0.25) is 5.78 Å². The van der Waals surface area contributed by atoms with E-state index in [2.05, 4.69) is 4.98 Å². The highest BCUT2D eigenvalue weighted by Gasteiger charge is 2.47. The molecule has 0 radical (unpaired) electrons. The molecule has 1 aliphatic heterocycles. The molecule has 1 amide bonds. The van der Waals surface area contributed by atoms with Gasteiger partial charge in [-0.25, -0.2) is 13.8 Å².